The summed E-state index contributed by atoms with van der Waals surface area (Å²) >= 11 is 0. The number of pyridine rings is 1. The van der Waals surface area contributed by atoms with Gasteiger partial charge in [0.05, 0.1) is 31.5 Å². The van der Waals surface area contributed by atoms with E-state index < -0.39 is 0 Å². The summed E-state index contributed by atoms with van der Waals surface area (Å²) in [4.78, 5) is 15.9. The van der Waals surface area contributed by atoms with Crippen molar-refractivity contribution in [1.82, 2.24) is 10.3 Å². The van der Waals surface area contributed by atoms with Crippen LogP contribution in [0.2, 0.25) is 0 Å². The smallest absolute Gasteiger partial charge is 0.252 e. The zero-order valence-electron chi connectivity index (χ0n) is 11.0. The van der Waals surface area contributed by atoms with Gasteiger partial charge >= 0.3 is 0 Å². The molecule has 0 aromatic carbocycles. The number of carbonyl (C=O) groups is 1. The number of aliphatic hydroxyl groups is 1. The van der Waals surface area contributed by atoms with Crippen LogP contribution in [-0.2, 0) is 9.47 Å². The van der Waals surface area contributed by atoms with Crippen molar-refractivity contribution >= 4 is 5.91 Å². The molecule has 6 nitrogen and oxygen atoms in total. The number of hydrogen-bond donors (Lipinski definition) is 2. The lowest BCUT2D eigenvalue weighted by atomic mass is 10.2. The first kappa shape index (κ1) is 14.5. The summed E-state index contributed by atoms with van der Waals surface area (Å²) in [6.07, 6.45) is 2.90. The molecule has 2 N–H and O–H groups in total. The van der Waals surface area contributed by atoms with Gasteiger partial charge in [0.1, 0.15) is 6.61 Å². The third-order valence-electron chi connectivity index (χ3n) is 2.69. The number of aromatic nitrogens is 1. The molecule has 20 heavy (non-hydrogen) atoms. The Kier molecular flexibility index (Phi) is 5.50. The summed E-state index contributed by atoms with van der Waals surface area (Å²) in [7, 11) is 0. The van der Waals surface area contributed by atoms with E-state index in [1.54, 1.807) is 6.07 Å². The van der Waals surface area contributed by atoms with Crippen LogP contribution in [0.5, 0.6) is 0 Å². The van der Waals surface area contributed by atoms with Gasteiger partial charge in [0.25, 0.3) is 5.91 Å². The summed E-state index contributed by atoms with van der Waals surface area (Å²) in [6, 6.07) is 1.63. The lowest BCUT2D eigenvalue weighted by Crippen LogP contribution is -2.39. The summed E-state index contributed by atoms with van der Waals surface area (Å²) in [5.41, 5.74) is 1.01. The minimum atomic E-state index is -0.237. The molecular formula is C14H16N2O4. The lowest BCUT2D eigenvalue weighted by molar-refractivity contribution is -0.0855. The molecule has 0 spiro atoms. The predicted molar refractivity (Wildman–Crippen MR) is 71.1 cm³/mol. The van der Waals surface area contributed by atoms with Crippen molar-refractivity contribution in [1.29, 1.82) is 0 Å². The standard InChI is InChI=1S/C14H16N2O4/c17-3-1-2-11-6-12(8-15-7-11)14(18)16-9-13-10-19-4-5-20-13/h6-8,13,17H,3-5,9-10H2,(H,16,18). The summed E-state index contributed by atoms with van der Waals surface area (Å²) in [5, 5.41) is 11.4. The van der Waals surface area contributed by atoms with Crippen molar-refractivity contribution in [2.24, 2.45) is 0 Å². The van der Waals surface area contributed by atoms with Crippen molar-refractivity contribution in [2.45, 2.75) is 6.10 Å². The van der Waals surface area contributed by atoms with Crippen LogP contribution < -0.4 is 5.32 Å². The highest BCUT2D eigenvalue weighted by atomic mass is 16.6. The Morgan fingerprint density at radius 1 is 1.50 bits per heavy atom. The van der Waals surface area contributed by atoms with Gasteiger partial charge in [-0.05, 0) is 6.07 Å². The Balaban J connectivity index is 1.91. The maximum atomic E-state index is 12.0. The highest BCUT2D eigenvalue weighted by Gasteiger charge is 2.15. The highest BCUT2D eigenvalue weighted by molar-refractivity contribution is 5.94. The van der Waals surface area contributed by atoms with Crippen molar-refractivity contribution in [2.75, 3.05) is 33.0 Å². The van der Waals surface area contributed by atoms with Crippen LogP contribution >= 0.6 is 0 Å². The second kappa shape index (κ2) is 7.60. The number of ether oxygens (including phenoxy) is 2. The molecule has 1 atom stereocenters. The van der Waals surface area contributed by atoms with Crippen molar-refractivity contribution in [3.63, 3.8) is 0 Å². The van der Waals surface area contributed by atoms with E-state index in [2.05, 4.69) is 22.1 Å². The van der Waals surface area contributed by atoms with Gasteiger partial charge in [-0.1, -0.05) is 11.8 Å². The van der Waals surface area contributed by atoms with Gasteiger partial charge in [-0.2, -0.15) is 0 Å². The molecule has 2 heterocycles. The van der Waals surface area contributed by atoms with E-state index >= 15 is 0 Å². The first-order valence-corrected chi connectivity index (χ1v) is 6.32. The molecule has 0 bridgehead atoms. The van der Waals surface area contributed by atoms with Gasteiger partial charge in [-0.3, -0.25) is 9.78 Å². The molecule has 0 aliphatic carbocycles. The minimum Gasteiger partial charge on any atom is -0.384 e. The van der Waals surface area contributed by atoms with E-state index in [4.69, 9.17) is 14.6 Å². The van der Waals surface area contributed by atoms with E-state index in [9.17, 15) is 4.79 Å². The molecule has 1 fully saturated rings. The van der Waals surface area contributed by atoms with Gasteiger partial charge in [0, 0.05) is 24.5 Å². The molecule has 0 saturated carbocycles. The van der Waals surface area contributed by atoms with Crippen LogP contribution in [0.3, 0.4) is 0 Å². The normalized spacial score (nSPS) is 17.9. The van der Waals surface area contributed by atoms with Gasteiger partial charge in [-0.15, -0.1) is 0 Å². The Morgan fingerprint density at radius 3 is 3.15 bits per heavy atom. The van der Waals surface area contributed by atoms with Crippen molar-refractivity contribution in [3.8, 4) is 11.8 Å². The fourth-order valence-electron chi connectivity index (χ4n) is 1.74. The number of hydrogen-bond acceptors (Lipinski definition) is 5. The summed E-state index contributed by atoms with van der Waals surface area (Å²) in [6.45, 7) is 1.80. The maximum Gasteiger partial charge on any atom is 0.252 e. The maximum absolute atomic E-state index is 12.0. The SMILES string of the molecule is O=C(NCC1COCCO1)c1cncc(C#CCO)c1. The van der Waals surface area contributed by atoms with Crippen LogP contribution in [-0.4, -0.2) is 55.1 Å². The van der Waals surface area contributed by atoms with E-state index in [0.717, 1.165) is 0 Å². The fraction of sp³-hybridized carbons (Fsp3) is 0.429. The van der Waals surface area contributed by atoms with Gasteiger partial charge < -0.3 is 19.9 Å². The molecular weight excluding hydrogens is 260 g/mol. The van der Waals surface area contributed by atoms with E-state index in [1.165, 1.54) is 12.4 Å². The largest absolute Gasteiger partial charge is 0.384 e. The molecule has 1 unspecified atom stereocenters. The lowest BCUT2D eigenvalue weighted by Gasteiger charge is -2.23. The molecule has 106 valence electrons. The number of rotatable bonds is 3. The molecule has 1 aromatic rings. The summed E-state index contributed by atoms with van der Waals surface area (Å²) in [5.74, 6) is 4.98. The molecule has 0 radical (unpaired) electrons. The van der Waals surface area contributed by atoms with Crippen LogP contribution in [0.25, 0.3) is 0 Å². The average molecular weight is 276 g/mol. The number of aliphatic hydroxyl groups excluding tert-OH is 1. The first-order valence-electron chi connectivity index (χ1n) is 6.32. The molecule has 2 rings (SSSR count). The number of amides is 1. The highest BCUT2D eigenvalue weighted by Crippen LogP contribution is 2.03. The predicted octanol–water partition coefficient (Wildman–Crippen LogP) is -0.429. The first-order chi connectivity index (χ1) is 9.79. The van der Waals surface area contributed by atoms with Gasteiger partial charge in [0.15, 0.2) is 0 Å². The van der Waals surface area contributed by atoms with Crippen LogP contribution in [0, 0.1) is 11.8 Å². The molecule has 1 aliphatic heterocycles. The van der Waals surface area contributed by atoms with E-state index in [1.807, 2.05) is 0 Å². The Labute approximate surface area is 117 Å². The number of carbonyl (C=O) groups excluding carboxylic acids is 1. The van der Waals surface area contributed by atoms with Crippen LogP contribution in [0.4, 0.5) is 0 Å². The van der Waals surface area contributed by atoms with E-state index in [-0.39, 0.29) is 18.6 Å². The molecule has 1 aromatic heterocycles. The molecule has 1 amide bonds. The van der Waals surface area contributed by atoms with Crippen molar-refractivity contribution in [3.05, 3.63) is 29.6 Å². The van der Waals surface area contributed by atoms with Gasteiger partial charge in [-0.25, -0.2) is 0 Å². The molecule has 6 heteroatoms. The van der Waals surface area contributed by atoms with Crippen LogP contribution in [0.1, 0.15) is 15.9 Å². The van der Waals surface area contributed by atoms with Crippen molar-refractivity contribution < 1.29 is 19.4 Å². The molecule has 1 aliphatic rings. The Bertz CT molecular complexity index is 515. The second-order valence-corrected chi connectivity index (χ2v) is 4.20. The Morgan fingerprint density at radius 2 is 2.40 bits per heavy atom. The van der Waals surface area contributed by atoms with Crippen LogP contribution in [0.15, 0.2) is 18.5 Å². The van der Waals surface area contributed by atoms with E-state index in [0.29, 0.717) is 37.5 Å². The fourth-order valence-corrected chi connectivity index (χ4v) is 1.74. The topological polar surface area (TPSA) is 80.7 Å². The number of nitrogens with one attached hydrogen (secondary N) is 1. The average Bonchev–Trinajstić information content (AvgIpc) is 2.52. The number of nitrogens with zero attached hydrogens (tertiary/aromatic N) is 1. The summed E-state index contributed by atoms with van der Waals surface area (Å²) < 4.78 is 10.7. The quantitative estimate of drug-likeness (QED) is 0.732. The minimum absolute atomic E-state index is 0.113. The monoisotopic (exact) mass is 276 g/mol. The zero-order valence-corrected chi connectivity index (χ0v) is 11.0. The molecule has 1 saturated heterocycles. The third-order valence-corrected chi connectivity index (χ3v) is 2.69. The Hall–Kier alpha value is -1.94. The van der Waals surface area contributed by atoms with Gasteiger partial charge in [0.2, 0.25) is 0 Å². The third kappa shape index (κ3) is 4.31. The zero-order chi connectivity index (χ0) is 14.2. The second-order valence-electron chi connectivity index (χ2n) is 4.20.